The van der Waals surface area contributed by atoms with Gasteiger partial charge < -0.3 is 10.2 Å². The molecular formula is C9H11FO2. The molecule has 0 heterocycles. The molecule has 1 aromatic carbocycles. The molecule has 0 aliphatic rings. The minimum Gasteiger partial charge on any atom is -0.508 e. The first-order valence-electron chi connectivity index (χ1n) is 3.69. The van der Waals surface area contributed by atoms with E-state index in [2.05, 4.69) is 0 Å². The van der Waals surface area contributed by atoms with Crippen LogP contribution in [0.1, 0.15) is 24.2 Å². The Morgan fingerprint density at radius 1 is 1.42 bits per heavy atom. The van der Waals surface area contributed by atoms with Gasteiger partial charge >= 0.3 is 0 Å². The Morgan fingerprint density at radius 2 is 2.00 bits per heavy atom. The summed E-state index contributed by atoms with van der Waals surface area (Å²) in [6.45, 7) is 3.13. The van der Waals surface area contributed by atoms with E-state index in [4.69, 9.17) is 10.2 Å². The van der Waals surface area contributed by atoms with Crippen LogP contribution in [0.15, 0.2) is 12.1 Å². The number of halogens is 1. The first-order chi connectivity index (χ1) is 5.52. The maximum atomic E-state index is 13.0. The Balaban J connectivity index is 3.23. The number of hydrogen-bond acceptors (Lipinski definition) is 2. The number of rotatable bonds is 1. The summed E-state index contributed by atoms with van der Waals surface area (Å²) in [5.74, 6) is -0.662. The molecule has 0 bridgehead atoms. The Kier molecular flexibility index (Phi) is 2.33. The average Bonchev–Trinajstić information content (AvgIpc) is 1.96. The largest absolute Gasteiger partial charge is 0.508 e. The Morgan fingerprint density at radius 3 is 2.50 bits per heavy atom. The van der Waals surface area contributed by atoms with E-state index in [1.807, 2.05) is 0 Å². The van der Waals surface area contributed by atoms with Gasteiger partial charge in [0.25, 0.3) is 0 Å². The zero-order chi connectivity index (χ0) is 9.30. The second-order valence-electron chi connectivity index (χ2n) is 2.84. The van der Waals surface area contributed by atoms with Crippen LogP contribution in [0.2, 0.25) is 0 Å². The highest BCUT2D eigenvalue weighted by molar-refractivity contribution is 5.36. The molecule has 0 fully saturated rings. The highest BCUT2D eigenvalue weighted by atomic mass is 19.1. The molecule has 0 saturated carbocycles. The summed E-state index contributed by atoms with van der Waals surface area (Å²) in [6.07, 6.45) is -0.843. The maximum Gasteiger partial charge on any atom is 0.132 e. The normalized spacial score (nSPS) is 13.0. The zero-order valence-electron chi connectivity index (χ0n) is 7.00. The summed E-state index contributed by atoms with van der Waals surface area (Å²) in [6, 6.07) is 2.45. The monoisotopic (exact) mass is 170 g/mol. The SMILES string of the molecule is Cc1cc(C(C)O)c(F)cc1O. The standard InChI is InChI=1S/C9H11FO2/c1-5-3-7(6(2)11)8(10)4-9(5)12/h3-4,6,11-12H,1-2H3. The van der Waals surface area contributed by atoms with Crippen molar-refractivity contribution in [3.05, 3.63) is 29.1 Å². The lowest BCUT2D eigenvalue weighted by Crippen LogP contribution is -1.96. The molecule has 0 radical (unpaired) electrons. The summed E-state index contributed by atoms with van der Waals surface area (Å²) in [5.41, 5.74) is 0.776. The number of aromatic hydroxyl groups is 1. The van der Waals surface area contributed by atoms with E-state index in [1.165, 1.54) is 13.0 Å². The second kappa shape index (κ2) is 3.11. The topological polar surface area (TPSA) is 40.5 Å². The fourth-order valence-corrected chi connectivity index (χ4v) is 1.01. The van der Waals surface area contributed by atoms with Gasteiger partial charge in [-0.3, -0.25) is 0 Å². The summed E-state index contributed by atoms with van der Waals surface area (Å²) in [7, 11) is 0. The number of aliphatic hydroxyl groups is 1. The number of phenols is 1. The fraction of sp³-hybridized carbons (Fsp3) is 0.333. The van der Waals surface area contributed by atoms with Crippen molar-refractivity contribution >= 4 is 0 Å². The lowest BCUT2D eigenvalue weighted by molar-refractivity contribution is 0.194. The van der Waals surface area contributed by atoms with Crippen molar-refractivity contribution in [2.45, 2.75) is 20.0 Å². The molecule has 0 saturated heterocycles. The molecule has 2 nitrogen and oxygen atoms in total. The summed E-state index contributed by atoms with van der Waals surface area (Å²) >= 11 is 0. The van der Waals surface area contributed by atoms with Crippen molar-refractivity contribution in [3.8, 4) is 5.75 Å². The number of hydrogen-bond donors (Lipinski definition) is 2. The minimum atomic E-state index is -0.843. The van der Waals surface area contributed by atoms with Crippen LogP contribution in [0.25, 0.3) is 0 Å². The van der Waals surface area contributed by atoms with Crippen LogP contribution in [0.5, 0.6) is 5.75 Å². The first kappa shape index (κ1) is 9.00. The van der Waals surface area contributed by atoms with E-state index in [0.717, 1.165) is 6.07 Å². The lowest BCUT2D eigenvalue weighted by Gasteiger charge is -2.08. The minimum absolute atomic E-state index is 0.0862. The fourth-order valence-electron chi connectivity index (χ4n) is 1.01. The van der Waals surface area contributed by atoms with Gasteiger partial charge in [-0.25, -0.2) is 4.39 Å². The van der Waals surface area contributed by atoms with Crippen LogP contribution < -0.4 is 0 Å². The Hall–Kier alpha value is -1.09. The molecule has 3 heteroatoms. The van der Waals surface area contributed by atoms with E-state index in [0.29, 0.717) is 5.56 Å². The smallest absolute Gasteiger partial charge is 0.132 e. The van der Waals surface area contributed by atoms with Crippen molar-refractivity contribution in [2.24, 2.45) is 0 Å². The van der Waals surface area contributed by atoms with Gasteiger partial charge in [0.1, 0.15) is 11.6 Å². The maximum absolute atomic E-state index is 13.0. The zero-order valence-corrected chi connectivity index (χ0v) is 7.00. The molecule has 66 valence electrons. The Bertz CT molecular complexity index is 295. The molecule has 1 atom stereocenters. The Labute approximate surface area is 70.3 Å². The first-order valence-corrected chi connectivity index (χ1v) is 3.69. The molecule has 0 aliphatic heterocycles. The second-order valence-corrected chi connectivity index (χ2v) is 2.84. The van der Waals surface area contributed by atoms with Crippen LogP contribution in [-0.2, 0) is 0 Å². The van der Waals surface area contributed by atoms with Crippen LogP contribution in [0.3, 0.4) is 0 Å². The van der Waals surface area contributed by atoms with Crippen molar-refractivity contribution in [1.29, 1.82) is 0 Å². The van der Waals surface area contributed by atoms with Gasteiger partial charge in [0.2, 0.25) is 0 Å². The third-order valence-electron chi connectivity index (χ3n) is 1.77. The van der Waals surface area contributed by atoms with Crippen molar-refractivity contribution in [3.63, 3.8) is 0 Å². The molecular weight excluding hydrogens is 159 g/mol. The molecule has 1 rings (SSSR count). The van der Waals surface area contributed by atoms with E-state index < -0.39 is 11.9 Å². The van der Waals surface area contributed by atoms with Crippen molar-refractivity contribution in [1.82, 2.24) is 0 Å². The molecule has 2 N–H and O–H groups in total. The predicted molar refractivity (Wildman–Crippen MR) is 43.4 cm³/mol. The van der Waals surface area contributed by atoms with E-state index in [-0.39, 0.29) is 11.3 Å². The van der Waals surface area contributed by atoms with E-state index in [9.17, 15) is 4.39 Å². The van der Waals surface area contributed by atoms with E-state index in [1.54, 1.807) is 6.92 Å². The third-order valence-corrected chi connectivity index (χ3v) is 1.77. The summed E-state index contributed by atoms with van der Waals surface area (Å²) in [5, 5.41) is 18.2. The summed E-state index contributed by atoms with van der Waals surface area (Å²) < 4.78 is 13.0. The number of aryl methyl sites for hydroxylation is 1. The predicted octanol–water partition coefficient (Wildman–Crippen LogP) is 1.89. The van der Waals surface area contributed by atoms with Crippen molar-refractivity contribution in [2.75, 3.05) is 0 Å². The molecule has 0 aromatic heterocycles. The third kappa shape index (κ3) is 1.56. The van der Waals surface area contributed by atoms with E-state index >= 15 is 0 Å². The number of aliphatic hydroxyl groups excluding tert-OH is 1. The van der Waals surface area contributed by atoms with Crippen LogP contribution in [0.4, 0.5) is 4.39 Å². The van der Waals surface area contributed by atoms with Crippen LogP contribution in [0, 0.1) is 12.7 Å². The van der Waals surface area contributed by atoms with Gasteiger partial charge in [-0.05, 0) is 25.5 Å². The van der Waals surface area contributed by atoms with Crippen LogP contribution >= 0.6 is 0 Å². The van der Waals surface area contributed by atoms with Gasteiger partial charge in [-0.15, -0.1) is 0 Å². The van der Waals surface area contributed by atoms with Crippen LogP contribution in [-0.4, -0.2) is 10.2 Å². The average molecular weight is 170 g/mol. The lowest BCUT2D eigenvalue weighted by atomic mass is 10.1. The summed E-state index contributed by atoms with van der Waals surface area (Å²) in [4.78, 5) is 0. The molecule has 0 aliphatic carbocycles. The molecule has 1 aromatic rings. The number of benzene rings is 1. The van der Waals surface area contributed by atoms with Crippen molar-refractivity contribution < 1.29 is 14.6 Å². The highest BCUT2D eigenvalue weighted by Crippen LogP contribution is 2.24. The molecule has 0 spiro atoms. The molecule has 1 unspecified atom stereocenters. The molecule has 0 amide bonds. The van der Waals surface area contributed by atoms with Gasteiger partial charge in [0.05, 0.1) is 6.10 Å². The number of phenolic OH excluding ortho intramolecular Hbond substituents is 1. The van der Waals surface area contributed by atoms with Gasteiger partial charge in [-0.1, -0.05) is 0 Å². The van der Waals surface area contributed by atoms with Gasteiger partial charge in [0.15, 0.2) is 0 Å². The molecule has 12 heavy (non-hydrogen) atoms. The quantitative estimate of drug-likeness (QED) is 0.675. The highest BCUT2D eigenvalue weighted by Gasteiger charge is 2.10. The van der Waals surface area contributed by atoms with Gasteiger partial charge in [-0.2, -0.15) is 0 Å². The van der Waals surface area contributed by atoms with Gasteiger partial charge in [0, 0.05) is 11.6 Å².